The van der Waals surface area contributed by atoms with Gasteiger partial charge in [-0.1, -0.05) is 29.8 Å². The highest BCUT2D eigenvalue weighted by Crippen LogP contribution is 2.35. The Balaban J connectivity index is 1.46. The van der Waals surface area contributed by atoms with E-state index in [1.54, 1.807) is 6.07 Å². The first-order valence-corrected chi connectivity index (χ1v) is 9.33. The van der Waals surface area contributed by atoms with Gasteiger partial charge in [-0.15, -0.1) is 11.3 Å². The van der Waals surface area contributed by atoms with Gasteiger partial charge in [0.1, 0.15) is 13.2 Å². The fraction of sp³-hybridized carbons (Fsp3) is 0.158. The number of anilines is 1. The van der Waals surface area contributed by atoms with Crippen LogP contribution < -0.4 is 14.8 Å². The summed E-state index contributed by atoms with van der Waals surface area (Å²) in [7, 11) is 0. The fourth-order valence-electron chi connectivity index (χ4n) is 2.64. The third-order valence-electron chi connectivity index (χ3n) is 3.90. The summed E-state index contributed by atoms with van der Waals surface area (Å²) < 4.78 is 11.1. The van der Waals surface area contributed by atoms with Crippen molar-refractivity contribution in [1.82, 2.24) is 4.98 Å². The second kappa shape index (κ2) is 7.35. The van der Waals surface area contributed by atoms with Gasteiger partial charge in [0.2, 0.25) is 5.91 Å². The molecule has 132 valence electrons. The quantitative estimate of drug-likeness (QED) is 0.721. The summed E-state index contributed by atoms with van der Waals surface area (Å²) in [5.41, 5.74) is 2.48. The Labute approximate surface area is 159 Å². The van der Waals surface area contributed by atoms with Crippen LogP contribution in [0.2, 0.25) is 5.02 Å². The zero-order valence-electron chi connectivity index (χ0n) is 13.7. The lowest BCUT2D eigenvalue weighted by Crippen LogP contribution is -2.15. The first-order chi connectivity index (χ1) is 12.7. The molecule has 0 atom stereocenters. The topological polar surface area (TPSA) is 60.5 Å². The lowest BCUT2D eigenvalue weighted by atomic mass is 10.1. The number of benzene rings is 2. The predicted molar refractivity (Wildman–Crippen MR) is 102 cm³/mol. The van der Waals surface area contributed by atoms with Crippen LogP contribution in [0.1, 0.15) is 5.56 Å². The average Bonchev–Trinajstić information content (AvgIpc) is 3.11. The van der Waals surface area contributed by atoms with Crippen molar-refractivity contribution in [3.63, 3.8) is 0 Å². The van der Waals surface area contributed by atoms with Crippen LogP contribution in [0.15, 0.2) is 47.8 Å². The number of carbonyl (C=O) groups excluding carboxylic acids is 1. The van der Waals surface area contributed by atoms with Gasteiger partial charge < -0.3 is 14.8 Å². The number of halogens is 1. The Morgan fingerprint density at radius 3 is 2.81 bits per heavy atom. The Morgan fingerprint density at radius 1 is 1.15 bits per heavy atom. The van der Waals surface area contributed by atoms with Crippen molar-refractivity contribution in [3.05, 3.63) is 58.4 Å². The summed E-state index contributed by atoms with van der Waals surface area (Å²) in [6.07, 6.45) is 0.207. The van der Waals surface area contributed by atoms with E-state index in [1.165, 1.54) is 11.3 Å². The van der Waals surface area contributed by atoms with E-state index in [2.05, 4.69) is 10.3 Å². The molecule has 1 aliphatic heterocycles. The summed E-state index contributed by atoms with van der Waals surface area (Å²) >= 11 is 7.48. The van der Waals surface area contributed by atoms with E-state index in [-0.39, 0.29) is 12.3 Å². The van der Waals surface area contributed by atoms with Crippen molar-refractivity contribution in [2.45, 2.75) is 6.42 Å². The van der Waals surface area contributed by atoms with Crippen LogP contribution in [0.3, 0.4) is 0 Å². The maximum Gasteiger partial charge on any atom is 0.230 e. The molecule has 0 saturated heterocycles. The highest BCUT2D eigenvalue weighted by Gasteiger charge is 2.15. The number of hydrogen-bond donors (Lipinski definition) is 1. The molecule has 7 heteroatoms. The number of thiazole rings is 1. The zero-order valence-corrected chi connectivity index (χ0v) is 15.3. The van der Waals surface area contributed by atoms with Gasteiger partial charge in [-0.3, -0.25) is 4.79 Å². The maximum absolute atomic E-state index is 12.2. The molecule has 1 amide bonds. The number of fused-ring (bicyclic) bond motifs is 1. The van der Waals surface area contributed by atoms with Crippen LogP contribution in [0.4, 0.5) is 5.13 Å². The second-order valence-corrected chi connectivity index (χ2v) is 6.98. The number of ether oxygens (including phenoxy) is 2. The minimum Gasteiger partial charge on any atom is -0.486 e. The van der Waals surface area contributed by atoms with Gasteiger partial charge in [0.25, 0.3) is 0 Å². The number of nitrogens with zero attached hydrogens (tertiary/aromatic N) is 1. The first-order valence-electron chi connectivity index (χ1n) is 8.08. The molecule has 1 aliphatic rings. The van der Waals surface area contributed by atoms with E-state index in [0.717, 1.165) is 22.6 Å². The van der Waals surface area contributed by atoms with Gasteiger partial charge in [-0.2, -0.15) is 0 Å². The Morgan fingerprint density at radius 2 is 1.96 bits per heavy atom. The monoisotopic (exact) mass is 386 g/mol. The van der Waals surface area contributed by atoms with Gasteiger partial charge in [-0.25, -0.2) is 4.98 Å². The summed E-state index contributed by atoms with van der Waals surface area (Å²) in [5, 5.41) is 5.85. The highest BCUT2D eigenvalue weighted by molar-refractivity contribution is 7.14. The fourth-order valence-corrected chi connectivity index (χ4v) is 3.58. The molecule has 0 unspecified atom stereocenters. The summed E-state index contributed by atoms with van der Waals surface area (Å²) in [6, 6.07) is 13.0. The van der Waals surface area contributed by atoms with Crippen molar-refractivity contribution in [2.24, 2.45) is 0 Å². The van der Waals surface area contributed by atoms with E-state index in [1.807, 2.05) is 41.8 Å². The minimum atomic E-state index is -0.152. The zero-order chi connectivity index (χ0) is 17.9. The van der Waals surface area contributed by atoms with E-state index in [4.69, 9.17) is 21.1 Å². The van der Waals surface area contributed by atoms with Crippen molar-refractivity contribution >= 4 is 34.0 Å². The maximum atomic E-state index is 12.2. The van der Waals surface area contributed by atoms with Crippen LogP contribution in [0, 0.1) is 0 Å². The SMILES string of the molecule is O=C(Cc1ccccc1Cl)Nc1nc(-c2ccc3c(c2)OCCO3)cs1. The van der Waals surface area contributed by atoms with Gasteiger partial charge in [0.05, 0.1) is 12.1 Å². The van der Waals surface area contributed by atoms with Crippen LogP contribution in [0.25, 0.3) is 11.3 Å². The number of nitrogens with one attached hydrogen (secondary N) is 1. The molecular formula is C19H15ClN2O3S. The number of hydrogen-bond acceptors (Lipinski definition) is 5. The molecule has 1 aromatic heterocycles. The Hall–Kier alpha value is -2.57. The third-order valence-corrected chi connectivity index (χ3v) is 5.02. The molecule has 2 aromatic carbocycles. The molecule has 5 nitrogen and oxygen atoms in total. The molecule has 4 rings (SSSR count). The van der Waals surface area contributed by atoms with E-state index in [0.29, 0.717) is 29.1 Å². The number of amides is 1. The van der Waals surface area contributed by atoms with E-state index < -0.39 is 0 Å². The number of aromatic nitrogens is 1. The van der Waals surface area contributed by atoms with Gasteiger partial charge >= 0.3 is 0 Å². The van der Waals surface area contributed by atoms with Gasteiger partial charge in [0.15, 0.2) is 16.6 Å². The van der Waals surface area contributed by atoms with Crippen LogP contribution in [-0.4, -0.2) is 24.1 Å². The summed E-state index contributed by atoms with van der Waals surface area (Å²) in [6.45, 7) is 1.10. The van der Waals surface area contributed by atoms with Crippen molar-refractivity contribution in [2.75, 3.05) is 18.5 Å². The van der Waals surface area contributed by atoms with E-state index >= 15 is 0 Å². The largest absolute Gasteiger partial charge is 0.486 e. The van der Waals surface area contributed by atoms with Crippen molar-refractivity contribution in [1.29, 1.82) is 0 Å². The molecule has 0 aliphatic carbocycles. The molecule has 0 saturated carbocycles. The molecule has 26 heavy (non-hydrogen) atoms. The third kappa shape index (κ3) is 3.66. The van der Waals surface area contributed by atoms with Crippen LogP contribution in [0.5, 0.6) is 11.5 Å². The molecule has 0 spiro atoms. The molecule has 2 heterocycles. The van der Waals surface area contributed by atoms with Crippen LogP contribution >= 0.6 is 22.9 Å². The lowest BCUT2D eigenvalue weighted by molar-refractivity contribution is -0.115. The van der Waals surface area contributed by atoms with Gasteiger partial charge in [-0.05, 0) is 29.8 Å². The van der Waals surface area contributed by atoms with Gasteiger partial charge in [0, 0.05) is 16.0 Å². The van der Waals surface area contributed by atoms with Crippen molar-refractivity contribution < 1.29 is 14.3 Å². The molecule has 0 fully saturated rings. The smallest absolute Gasteiger partial charge is 0.230 e. The second-order valence-electron chi connectivity index (χ2n) is 5.71. The Kier molecular flexibility index (Phi) is 4.77. The van der Waals surface area contributed by atoms with Crippen LogP contribution in [-0.2, 0) is 11.2 Å². The molecule has 1 N–H and O–H groups in total. The number of rotatable bonds is 4. The van der Waals surface area contributed by atoms with E-state index in [9.17, 15) is 4.79 Å². The summed E-state index contributed by atoms with van der Waals surface area (Å²) in [4.78, 5) is 16.7. The lowest BCUT2D eigenvalue weighted by Gasteiger charge is -2.18. The Bertz CT molecular complexity index is 957. The average molecular weight is 387 g/mol. The minimum absolute atomic E-state index is 0.152. The highest BCUT2D eigenvalue weighted by atomic mass is 35.5. The standard InChI is InChI=1S/C19H15ClN2O3S/c20-14-4-2-1-3-12(14)10-18(23)22-19-21-15(11-26-19)13-5-6-16-17(9-13)25-8-7-24-16/h1-6,9,11H,7-8,10H2,(H,21,22,23). The number of carbonyl (C=O) groups is 1. The molecule has 3 aromatic rings. The molecule has 0 radical (unpaired) electrons. The first kappa shape index (κ1) is 16.9. The van der Waals surface area contributed by atoms with Crippen molar-refractivity contribution in [3.8, 4) is 22.8 Å². The molecule has 0 bridgehead atoms. The molecular weight excluding hydrogens is 372 g/mol. The summed E-state index contributed by atoms with van der Waals surface area (Å²) in [5.74, 6) is 1.30. The normalized spacial score (nSPS) is 12.7. The predicted octanol–water partition coefficient (Wildman–Crippen LogP) is 4.42.